The Hall–Kier alpha value is -8.61. The molecule has 462 valence electrons. The second-order valence-corrected chi connectivity index (χ2v) is 27.2. The van der Waals surface area contributed by atoms with Crippen molar-refractivity contribution in [2.75, 3.05) is 54.4 Å². The lowest BCUT2D eigenvalue weighted by Gasteiger charge is -2.34. The van der Waals surface area contributed by atoms with E-state index < -0.39 is 122 Å². The first kappa shape index (κ1) is 65.9. The van der Waals surface area contributed by atoms with Crippen molar-refractivity contribution in [1.29, 1.82) is 0 Å². The highest BCUT2D eigenvalue weighted by Gasteiger charge is 2.45. The first-order valence-corrected chi connectivity index (χ1v) is 30.5. The molecular formula is C50H49BrClF6N17O9S3. The fourth-order valence-electron chi connectivity index (χ4n) is 8.49. The zero-order valence-electron chi connectivity index (χ0n) is 46.2. The van der Waals surface area contributed by atoms with Crippen molar-refractivity contribution in [3.05, 3.63) is 164 Å². The van der Waals surface area contributed by atoms with Gasteiger partial charge in [0.1, 0.15) is 39.0 Å². The van der Waals surface area contributed by atoms with Crippen LogP contribution in [0.4, 0.5) is 43.4 Å². The van der Waals surface area contributed by atoms with E-state index in [1.54, 1.807) is 6.92 Å². The number of aromatic nitrogens is 5. The van der Waals surface area contributed by atoms with Gasteiger partial charge in [-0.2, -0.15) is 0 Å². The van der Waals surface area contributed by atoms with Crippen molar-refractivity contribution in [1.82, 2.24) is 37.8 Å². The fraction of sp³-hybridized carbons (Fsp3) is 0.260. The summed E-state index contributed by atoms with van der Waals surface area (Å²) in [5, 5.41) is 7.24. The Morgan fingerprint density at radius 3 is 1.31 bits per heavy atom. The maximum absolute atomic E-state index is 14.6. The van der Waals surface area contributed by atoms with E-state index in [-0.39, 0.29) is 68.2 Å². The van der Waals surface area contributed by atoms with Crippen LogP contribution in [0.3, 0.4) is 0 Å². The number of nitrogens with two attached hydrogens (primary N) is 3. The first-order chi connectivity index (χ1) is 40.3. The highest BCUT2D eigenvalue weighted by Crippen LogP contribution is 2.39. The molecule has 3 aromatic carbocycles. The van der Waals surface area contributed by atoms with E-state index in [4.69, 9.17) is 28.8 Å². The van der Waals surface area contributed by atoms with Gasteiger partial charge in [0.2, 0.25) is 47.9 Å². The first-order valence-electron chi connectivity index (χ1n) is 24.5. The van der Waals surface area contributed by atoms with Gasteiger partial charge >= 0.3 is 0 Å². The Kier molecular flexibility index (Phi) is 18.7. The summed E-state index contributed by atoms with van der Waals surface area (Å²) in [5.41, 5.74) is 11.1. The molecule has 0 unspecified atom stereocenters. The smallest absolute Gasteiger partial charge is 0.277 e. The average Bonchev–Trinajstić information content (AvgIpc) is 1.07. The molecule has 9 N–H and O–H groups in total. The molecule has 0 aliphatic carbocycles. The predicted molar refractivity (Wildman–Crippen MR) is 310 cm³/mol. The molecule has 3 aliphatic heterocycles. The lowest BCUT2D eigenvalue weighted by molar-refractivity contribution is 0.101. The number of carbonyl (C=O) groups excluding carboxylic acids is 3. The van der Waals surface area contributed by atoms with Crippen LogP contribution < -0.4 is 33.2 Å². The van der Waals surface area contributed by atoms with Crippen molar-refractivity contribution < 1.29 is 66.0 Å². The van der Waals surface area contributed by atoms with Gasteiger partial charge < -0.3 is 33.2 Å². The van der Waals surface area contributed by atoms with Crippen molar-refractivity contribution >= 4 is 110 Å². The van der Waals surface area contributed by atoms with E-state index in [1.165, 1.54) is 72.6 Å². The third-order valence-electron chi connectivity index (χ3n) is 13.1. The van der Waals surface area contributed by atoms with Gasteiger partial charge in [-0.15, -0.1) is 0 Å². The number of hydrogen-bond acceptors (Lipinski definition) is 20. The molecule has 3 aliphatic rings. The number of benzene rings is 3. The molecule has 3 atom stereocenters. The van der Waals surface area contributed by atoms with E-state index in [0.29, 0.717) is 10.2 Å². The number of amides is 3. The number of guanidine groups is 3. The summed E-state index contributed by atoms with van der Waals surface area (Å²) in [6.07, 6.45) is 6.13. The number of aryl methyl sites for hydroxylation is 1. The van der Waals surface area contributed by atoms with Crippen LogP contribution in [-0.4, -0.2) is 137 Å². The summed E-state index contributed by atoms with van der Waals surface area (Å²) in [5.74, 6) is -11.8. The number of halogens is 8. The minimum absolute atomic E-state index is 0.0303. The summed E-state index contributed by atoms with van der Waals surface area (Å²) >= 11 is 8.66. The van der Waals surface area contributed by atoms with Crippen molar-refractivity contribution in [3.63, 3.8) is 0 Å². The predicted octanol–water partition coefficient (Wildman–Crippen LogP) is 4.77. The van der Waals surface area contributed by atoms with E-state index in [0.717, 1.165) is 61.7 Å². The Morgan fingerprint density at radius 1 is 0.517 bits per heavy atom. The normalized spacial score (nSPS) is 20.9. The Balaban J connectivity index is 0.000000186. The number of aliphatic imine (C=N–C) groups is 3. The van der Waals surface area contributed by atoms with Crippen LogP contribution in [-0.2, 0) is 46.7 Å². The molecule has 6 heterocycles. The Labute approximate surface area is 505 Å². The van der Waals surface area contributed by atoms with Crippen LogP contribution in [0.5, 0.6) is 0 Å². The van der Waals surface area contributed by atoms with E-state index >= 15 is 0 Å². The number of nitrogens with zero attached hydrogens (tertiary/aromatic N) is 11. The largest absolute Gasteiger partial charge is 0.369 e. The van der Waals surface area contributed by atoms with Crippen LogP contribution in [0.2, 0.25) is 5.15 Å². The second-order valence-electron chi connectivity index (χ2n) is 19.9. The summed E-state index contributed by atoms with van der Waals surface area (Å²) in [4.78, 5) is 68.2. The van der Waals surface area contributed by atoms with Crippen LogP contribution in [0.1, 0.15) is 74.6 Å². The molecule has 0 saturated carbocycles. The summed E-state index contributed by atoms with van der Waals surface area (Å²) in [6.45, 7) is 5.74. The molecule has 0 spiro atoms. The van der Waals surface area contributed by atoms with Crippen LogP contribution in [0.25, 0.3) is 0 Å². The highest BCUT2D eigenvalue weighted by atomic mass is 79.9. The van der Waals surface area contributed by atoms with Gasteiger partial charge in [0.15, 0.2) is 34.8 Å². The topological polar surface area (TPSA) is 379 Å². The van der Waals surface area contributed by atoms with Gasteiger partial charge in [-0.05, 0) is 80.0 Å². The van der Waals surface area contributed by atoms with Crippen molar-refractivity contribution in [2.45, 2.75) is 44.3 Å². The van der Waals surface area contributed by atoms with Gasteiger partial charge in [0, 0.05) is 83.9 Å². The molecule has 3 aromatic heterocycles. The fourth-order valence-corrected chi connectivity index (χ4v) is 13.2. The molecule has 37 heteroatoms. The molecule has 0 radical (unpaired) electrons. The monoisotopic (exact) mass is 1360 g/mol. The number of carbonyl (C=O) groups is 3. The van der Waals surface area contributed by atoms with Crippen molar-refractivity contribution in [2.24, 2.45) is 32.2 Å². The lowest BCUT2D eigenvalue weighted by atomic mass is 9.93. The van der Waals surface area contributed by atoms with Gasteiger partial charge in [-0.1, -0.05) is 11.6 Å². The van der Waals surface area contributed by atoms with Gasteiger partial charge in [0.25, 0.3) is 17.7 Å². The molecule has 0 bridgehead atoms. The van der Waals surface area contributed by atoms with Gasteiger partial charge in [-0.25, -0.2) is 99.4 Å². The molecular weight excluding hydrogens is 1310 g/mol. The summed E-state index contributed by atoms with van der Waals surface area (Å²) in [6, 6.07) is 8.37. The second kappa shape index (κ2) is 24.6. The third-order valence-corrected chi connectivity index (χ3v) is 19.6. The number of anilines is 3. The van der Waals surface area contributed by atoms with Crippen LogP contribution in [0, 0.1) is 41.8 Å². The standard InChI is InChI=1S/C17H16BrF2N5O3S.C17H18F2N6O3S.C16H15ClF2N6O3S/c1-17(8-29(27,28)25(2)16(21)24-17)11-6-10(3-4-12(11)19)23-15(26)14-13(20)5-9(18)7-22-14;1-9-6-22-13(7-21-9)15(26)23-10-4-11(14(19)12(18)5-10)17(2)8-29(27,28)25(3)16(20)24-17;1-16(7-29(27,28)25(2)15(20)24-16)9-3-8(4-10(18)13(9)19)23-14(26)11-5-22-12(17)6-21-11/h3-7H,8H2,1-2H3,(H2,21,24)(H,23,26);4-7H,8H2,1-3H3,(H2,20,24)(H,23,26);3-6H,7H2,1-2H3,(H2,20,24)(H,23,26)/t2*17-;16-/m000/s1. The van der Waals surface area contributed by atoms with Gasteiger partial charge in [-0.3, -0.25) is 19.4 Å². The quantitative estimate of drug-likeness (QED) is 0.106. The van der Waals surface area contributed by atoms with Gasteiger partial charge in [0.05, 0.1) is 41.5 Å². The summed E-state index contributed by atoms with van der Waals surface area (Å²) in [7, 11) is -7.95. The Bertz CT molecular complexity index is 4060. The number of sulfonamides is 3. The Morgan fingerprint density at radius 2 is 0.920 bits per heavy atom. The highest BCUT2D eigenvalue weighted by molar-refractivity contribution is 9.10. The SMILES string of the molecule is CN1C(N)=N[C@](C)(c2cc(NC(=O)c3cnc(Cl)cn3)cc(F)c2F)CS1(=O)=O.CN1C(N)=N[C@](C)(c2cc(NC(=O)c3ncc(Br)cc3F)ccc2F)CS1(=O)=O.Cc1cnc(C(=O)Nc2cc(F)c(F)c([C@]3(C)CS(=O)(=O)N(C)C(N)=N3)c2)cn1. The minimum Gasteiger partial charge on any atom is -0.369 e. The van der Waals surface area contributed by atoms with Crippen molar-refractivity contribution in [3.8, 4) is 0 Å². The molecule has 26 nitrogen and oxygen atoms in total. The molecule has 9 rings (SSSR count). The maximum atomic E-state index is 14.6. The minimum atomic E-state index is -3.91. The van der Waals surface area contributed by atoms with E-state index in [9.17, 15) is 66.0 Å². The molecule has 87 heavy (non-hydrogen) atoms. The zero-order chi connectivity index (χ0) is 64.7. The maximum Gasteiger partial charge on any atom is 0.277 e. The zero-order valence-corrected chi connectivity index (χ0v) is 51.0. The molecule has 6 aromatic rings. The number of hydrogen-bond donors (Lipinski definition) is 6. The summed E-state index contributed by atoms with van der Waals surface area (Å²) < 4.78 is 163. The number of rotatable bonds is 9. The average molecular weight is 1360 g/mol. The number of nitrogens with one attached hydrogen (secondary N) is 3. The van der Waals surface area contributed by atoms with Crippen LogP contribution >= 0.6 is 27.5 Å². The van der Waals surface area contributed by atoms with E-state index in [2.05, 4.69) is 71.8 Å². The third kappa shape index (κ3) is 14.5. The van der Waals surface area contributed by atoms with Crippen LogP contribution in [0.15, 0.2) is 99.0 Å². The lowest BCUT2D eigenvalue weighted by Crippen LogP contribution is -2.50. The molecule has 0 fully saturated rings. The van der Waals surface area contributed by atoms with E-state index in [1.807, 2.05) is 0 Å². The number of pyridine rings is 1. The molecule has 0 saturated heterocycles. The molecule has 3 amide bonds.